The van der Waals surface area contributed by atoms with E-state index in [-0.39, 0.29) is 30.8 Å². The largest absolute Gasteiger partial charge is 0.496 e. The van der Waals surface area contributed by atoms with Gasteiger partial charge >= 0.3 is 6.03 Å². The number of urea groups is 1. The second-order valence-corrected chi connectivity index (χ2v) is 14.4. The molecular weight excluding hydrogens is 709 g/mol. The summed E-state index contributed by atoms with van der Waals surface area (Å²) in [5.74, 6) is 3.05. The Morgan fingerprint density at radius 1 is 0.745 bits per heavy atom. The minimum atomic E-state index is -0.587. The van der Waals surface area contributed by atoms with Crippen LogP contribution in [0.5, 0.6) is 17.2 Å². The Morgan fingerprint density at radius 3 is 2.16 bits per heavy atom. The van der Waals surface area contributed by atoms with E-state index in [2.05, 4.69) is 54.0 Å². The Balaban J connectivity index is 1.02. The number of benzene rings is 6. The van der Waals surface area contributed by atoms with Crippen LogP contribution in [0.4, 0.5) is 10.5 Å². The smallest absolute Gasteiger partial charge is 0.319 e. The van der Waals surface area contributed by atoms with E-state index >= 15 is 0 Å². The third kappa shape index (κ3) is 9.57. The van der Waals surface area contributed by atoms with Gasteiger partial charge in [0.25, 0.3) is 0 Å². The van der Waals surface area contributed by atoms with Crippen molar-refractivity contribution in [3.8, 4) is 28.4 Å². The number of anilines is 1. The summed E-state index contributed by atoms with van der Waals surface area (Å²) >= 11 is 1.71. The van der Waals surface area contributed by atoms with E-state index in [0.29, 0.717) is 23.7 Å². The molecule has 0 aliphatic carbocycles. The van der Waals surface area contributed by atoms with Crippen molar-refractivity contribution >= 4 is 23.5 Å². The first-order valence-electron chi connectivity index (χ1n) is 18.3. The van der Waals surface area contributed by atoms with Gasteiger partial charge in [-0.2, -0.15) is 0 Å². The number of amides is 2. The van der Waals surface area contributed by atoms with Crippen LogP contribution < -0.4 is 20.1 Å². The molecule has 1 aliphatic rings. The van der Waals surface area contributed by atoms with Crippen LogP contribution in [0.25, 0.3) is 11.1 Å². The van der Waals surface area contributed by atoms with Crippen molar-refractivity contribution in [2.24, 2.45) is 5.92 Å². The number of hydrogen-bond acceptors (Lipinski definition) is 7. The average Bonchev–Trinajstić information content (AvgIpc) is 3.24. The molecule has 1 heterocycles. The highest BCUT2D eigenvalue weighted by molar-refractivity contribution is 7.99. The van der Waals surface area contributed by atoms with E-state index in [1.54, 1.807) is 18.9 Å². The van der Waals surface area contributed by atoms with Gasteiger partial charge in [-0.25, -0.2) is 4.79 Å². The summed E-state index contributed by atoms with van der Waals surface area (Å²) in [7, 11) is 1.69. The summed E-state index contributed by atoms with van der Waals surface area (Å²) < 4.78 is 24.9. The van der Waals surface area contributed by atoms with Crippen LogP contribution >= 0.6 is 11.8 Å². The van der Waals surface area contributed by atoms with Crippen LogP contribution in [-0.2, 0) is 22.6 Å². The van der Waals surface area contributed by atoms with Crippen LogP contribution in [0, 0.1) is 5.92 Å². The molecule has 4 atom stereocenters. The van der Waals surface area contributed by atoms with Gasteiger partial charge in [0.15, 0.2) is 6.29 Å². The number of methoxy groups -OCH3 is 1. The molecule has 0 spiro atoms. The lowest BCUT2D eigenvalue weighted by Gasteiger charge is -2.41. The van der Waals surface area contributed by atoms with E-state index in [0.717, 1.165) is 49.8 Å². The number of nitrogens with one attached hydrogen (secondary N) is 2. The molecule has 1 aliphatic heterocycles. The fourth-order valence-corrected chi connectivity index (χ4v) is 7.77. The molecule has 0 aromatic heterocycles. The second kappa shape index (κ2) is 18.2. The minimum Gasteiger partial charge on any atom is -0.496 e. The van der Waals surface area contributed by atoms with Crippen LogP contribution in [0.2, 0.25) is 0 Å². The maximum Gasteiger partial charge on any atom is 0.319 e. The van der Waals surface area contributed by atoms with E-state index in [1.807, 2.05) is 115 Å². The van der Waals surface area contributed by atoms with Gasteiger partial charge in [-0.05, 0) is 76.3 Å². The monoisotopic (exact) mass is 752 g/mol. The van der Waals surface area contributed by atoms with Gasteiger partial charge in [0.1, 0.15) is 17.2 Å². The molecule has 280 valence electrons. The van der Waals surface area contributed by atoms with Crippen LogP contribution in [0.1, 0.15) is 41.6 Å². The number of aliphatic hydroxyl groups excluding tert-OH is 1. The van der Waals surface area contributed by atoms with Crippen molar-refractivity contribution in [3.63, 3.8) is 0 Å². The SMILES string of the molecule is COc1ccccc1SC[C@H]1O[C@@H](c2ccc(-c3ccccc3CNC(=O)Nc3ccc(Oc4ccccc4)cc3)cc2)O[C@@H](c2ccc(CO)cc2)[C@H]1C. The van der Waals surface area contributed by atoms with Crippen molar-refractivity contribution in [2.75, 3.05) is 18.2 Å². The molecule has 0 bridgehead atoms. The number of para-hydroxylation sites is 2. The van der Waals surface area contributed by atoms with E-state index in [1.165, 1.54) is 0 Å². The summed E-state index contributed by atoms with van der Waals surface area (Å²) in [5, 5.41) is 15.5. The maximum atomic E-state index is 12.9. The molecule has 6 aromatic rings. The standard InChI is InChI=1S/C46H44N2O6S/c1-31-42(30-55-43-15-9-8-14-41(43)51-2)53-45(54-44(31)34-18-16-32(29-49)17-19-34)35-22-20-33(21-23-35)40-13-7-6-10-36(40)28-47-46(50)48-37-24-26-39(27-25-37)52-38-11-4-3-5-12-38/h3-27,31,42,44-45,49H,28-30H2,1-2H3,(H2,47,48,50)/t31-,42+,44+,45+/m0/s1. The quantitative estimate of drug-likeness (QED) is 0.101. The summed E-state index contributed by atoms with van der Waals surface area (Å²) in [6.07, 6.45) is -0.919. The zero-order valence-corrected chi connectivity index (χ0v) is 31.6. The average molecular weight is 753 g/mol. The highest BCUT2D eigenvalue weighted by Crippen LogP contribution is 2.44. The first-order chi connectivity index (χ1) is 27.0. The minimum absolute atomic E-state index is 0.00944. The number of aliphatic hydroxyl groups is 1. The molecule has 8 nitrogen and oxygen atoms in total. The highest BCUT2D eigenvalue weighted by atomic mass is 32.2. The predicted octanol–water partition coefficient (Wildman–Crippen LogP) is 10.6. The third-order valence-corrected chi connectivity index (χ3v) is 10.8. The first kappa shape index (κ1) is 37.7. The Bertz CT molecular complexity index is 2150. The lowest BCUT2D eigenvalue weighted by Crippen LogP contribution is -2.38. The topological polar surface area (TPSA) is 98.3 Å². The molecule has 1 saturated heterocycles. The molecule has 6 aromatic carbocycles. The number of thioether (sulfide) groups is 1. The molecule has 7 rings (SSSR count). The van der Waals surface area contributed by atoms with Gasteiger partial charge < -0.3 is 34.7 Å². The van der Waals surface area contributed by atoms with Gasteiger partial charge in [-0.15, -0.1) is 11.8 Å². The zero-order valence-electron chi connectivity index (χ0n) is 30.8. The molecule has 0 saturated carbocycles. The Morgan fingerprint density at radius 2 is 1.42 bits per heavy atom. The van der Waals surface area contributed by atoms with E-state index < -0.39 is 6.29 Å². The molecule has 1 fully saturated rings. The summed E-state index contributed by atoms with van der Waals surface area (Å²) in [4.78, 5) is 14.0. The fraction of sp³-hybridized carbons (Fsp3) is 0.196. The van der Waals surface area contributed by atoms with Crippen molar-refractivity contribution in [1.29, 1.82) is 0 Å². The van der Waals surface area contributed by atoms with Crippen LogP contribution in [0.15, 0.2) is 157 Å². The molecular formula is C46H44N2O6S. The van der Waals surface area contributed by atoms with Crippen LogP contribution in [-0.4, -0.2) is 30.1 Å². The number of hydrogen-bond donors (Lipinski definition) is 3. The third-order valence-electron chi connectivity index (χ3n) is 9.64. The van der Waals surface area contributed by atoms with Gasteiger partial charge in [-0.3, -0.25) is 0 Å². The lowest BCUT2D eigenvalue weighted by molar-refractivity contribution is -0.268. The zero-order chi connectivity index (χ0) is 38.0. The van der Waals surface area contributed by atoms with Gasteiger partial charge in [0.2, 0.25) is 0 Å². The predicted molar refractivity (Wildman–Crippen MR) is 217 cm³/mol. The number of carbonyl (C=O) groups is 1. The molecule has 3 N–H and O–H groups in total. The van der Waals surface area contributed by atoms with Gasteiger partial charge in [0, 0.05) is 34.4 Å². The second-order valence-electron chi connectivity index (χ2n) is 13.3. The maximum absolute atomic E-state index is 12.9. The van der Waals surface area contributed by atoms with Crippen molar-refractivity contribution in [1.82, 2.24) is 5.32 Å². The summed E-state index contributed by atoms with van der Waals surface area (Å²) in [6.45, 7) is 2.50. The van der Waals surface area contributed by atoms with Crippen molar-refractivity contribution < 1.29 is 28.8 Å². The molecule has 55 heavy (non-hydrogen) atoms. The fourth-order valence-electron chi connectivity index (χ4n) is 6.58. The van der Waals surface area contributed by atoms with Crippen LogP contribution in [0.3, 0.4) is 0 Å². The van der Waals surface area contributed by atoms with Crippen molar-refractivity contribution in [2.45, 2.75) is 43.5 Å². The Labute approximate surface area is 326 Å². The first-order valence-corrected chi connectivity index (χ1v) is 19.3. The number of carbonyl (C=O) groups excluding carboxylic acids is 1. The highest BCUT2D eigenvalue weighted by Gasteiger charge is 2.38. The normalized spacial score (nSPS) is 17.9. The van der Waals surface area contributed by atoms with Gasteiger partial charge in [0.05, 0.1) is 25.9 Å². The van der Waals surface area contributed by atoms with E-state index in [4.69, 9.17) is 18.9 Å². The summed E-state index contributed by atoms with van der Waals surface area (Å²) in [5.41, 5.74) is 6.48. The Kier molecular flexibility index (Phi) is 12.5. The van der Waals surface area contributed by atoms with E-state index in [9.17, 15) is 9.90 Å². The molecule has 2 amide bonds. The Hall–Kier alpha value is -5.58. The summed E-state index contributed by atoms with van der Waals surface area (Å²) in [6, 6.07) is 48.8. The molecule has 9 heteroatoms. The number of rotatable bonds is 13. The number of ether oxygens (including phenoxy) is 4. The van der Waals surface area contributed by atoms with Gasteiger partial charge in [-0.1, -0.05) is 110 Å². The molecule has 0 unspecified atom stereocenters. The molecule has 0 radical (unpaired) electrons. The van der Waals surface area contributed by atoms with Crippen molar-refractivity contribution in [3.05, 3.63) is 174 Å². The lowest BCUT2D eigenvalue weighted by atomic mass is 9.91.